The van der Waals surface area contributed by atoms with Crippen LogP contribution in [0.3, 0.4) is 0 Å². The standard InChI is InChI=1S/C3H5N2OP/c1-2-4-3-6-5-7/h2-3,7H,1H2/b4-3-. The lowest BCUT2D eigenvalue weighted by atomic mass is 11.1. The average Bonchev–Trinajstić information content (AvgIpc) is 1.69. The number of rotatable bonds is 3. The van der Waals surface area contributed by atoms with Gasteiger partial charge in [0.15, 0.2) is 0 Å². The summed E-state index contributed by atoms with van der Waals surface area (Å²) in [5, 5.41) is 0. The zero-order valence-electron chi connectivity index (χ0n) is 3.66. The molecule has 0 aromatic rings. The first kappa shape index (κ1) is 6.31. The van der Waals surface area contributed by atoms with E-state index in [1.807, 2.05) is 0 Å². The van der Waals surface area contributed by atoms with Crippen LogP contribution in [0.2, 0.25) is 0 Å². The predicted octanol–water partition coefficient (Wildman–Crippen LogP) is 1.42. The Morgan fingerprint density at radius 1 is 1.71 bits per heavy atom. The van der Waals surface area contributed by atoms with E-state index in [4.69, 9.17) is 0 Å². The van der Waals surface area contributed by atoms with Gasteiger partial charge in [0, 0.05) is 15.2 Å². The van der Waals surface area contributed by atoms with Crippen LogP contribution in [0.1, 0.15) is 0 Å². The molecule has 0 heterocycles. The lowest BCUT2D eigenvalue weighted by molar-refractivity contribution is 0.355. The summed E-state index contributed by atoms with van der Waals surface area (Å²) in [4.78, 5) is 10.8. The molecule has 0 N–H and O–H groups in total. The number of hydrogen-bond donors (Lipinski definition) is 0. The highest BCUT2D eigenvalue weighted by atomic mass is 31.0. The minimum atomic E-state index is 1.15. The van der Waals surface area contributed by atoms with E-state index in [9.17, 15) is 0 Å². The molecule has 3 nitrogen and oxygen atoms in total. The van der Waals surface area contributed by atoms with Crippen LogP contribution in [0.5, 0.6) is 0 Å². The molecule has 38 valence electrons. The molecule has 0 atom stereocenters. The van der Waals surface area contributed by atoms with Crippen LogP contribution < -0.4 is 0 Å². The summed E-state index contributed by atoms with van der Waals surface area (Å²) in [6.45, 7) is 3.30. The molecule has 0 saturated carbocycles. The van der Waals surface area contributed by atoms with Crippen molar-refractivity contribution in [3.05, 3.63) is 12.8 Å². The van der Waals surface area contributed by atoms with Crippen LogP contribution >= 0.6 is 9.03 Å². The predicted molar refractivity (Wildman–Crippen MR) is 30.5 cm³/mol. The molecule has 0 saturated heterocycles. The quantitative estimate of drug-likeness (QED) is 0.237. The Morgan fingerprint density at radius 3 is 2.86 bits per heavy atom. The molecular formula is C3H5N2OP. The summed E-state index contributed by atoms with van der Waals surface area (Å²) in [6, 6.07) is 0. The van der Waals surface area contributed by atoms with Gasteiger partial charge in [-0.2, -0.15) is 0 Å². The van der Waals surface area contributed by atoms with Gasteiger partial charge in [0.05, 0.1) is 0 Å². The molecule has 0 spiro atoms. The van der Waals surface area contributed by atoms with E-state index in [1.165, 1.54) is 6.20 Å². The topological polar surface area (TPSA) is 34.0 Å². The first-order chi connectivity index (χ1) is 3.41. The van der Waals surface area contributed by atoms with Crippen LogP contribution in [-0.4, -0.2) is 6.40 Å². The fourth-order valence-electron chi connectivity index (χ4n) is 0.0938. The van der Waals surface area contributed by atoms with Crippen LogP contribution in [0.4, 0.5) is 0 Å². The van der Waals surface area contributed by atoms with Gasteiger partial charge in [-0.15, -0.1) is 0 Å². The van der Waals surface area contributed by atoms with Gasteiger partial charge in [-0.25, -0.2) is 4.99 Å². The molecule has 0 aliphatic rings. The third-order valence-electron chi connectivity index (χ3n) is 0.266. The molecule has 0 radical (unpaired) electrons. The Hall–Kier alpha value is -0.690. The minimum Gasteiger partial charge on any atom is -0.341 e. The fourth-order valence-corrected chi connectivity index (χ4v) is 0.141. The van der Waals surface area contributed by atoms with Crippen molar-refractivity contribution in [1.82, 2.24) is 0 Å². The van der Waals surface area contributed by atoms with Crippen molar-refractivity contribution in [3.63, 3.8) is 0 Å². The Bertz CT molecular complexity index is 90.9. The molecule has 7 heavy (non-hydrogen) atoms. The first-order valence-electron chi connectivity index (χ1n) is 1.57. The Balaban J connectivity index is 3.08. The van der Waals surface area contributed by atoms with E-state index in [1.54, 1.807) is 0 Å². The second-order valence-corrected chi connectivity index (χ2v) is 0.816. The lowest BCUT2D eigenvalue weighted by Gasteiger charge is -1.76. The molecule has 0 aromatic carbocycles. The average molecular weight is 116 g/mol. The summed E-state index contributed by atoms with van der Waals surface area (Å²) in [6.07, 6.45) is 2.50. The van der Waals surface area contributed by atoms with Crippen molar-refractivity contribution >= 4 is 15.4 Å². The zero-order valence-corrected chi connectivity index (χ0v) is 4.66. The summed E-state index contributed by atoms with van der Waals surface area (Å²) in [5.41, 5.74) is 0. The first-order valence-corrected chi connectivity index (χ1v) is 2.01. The number of aliphatic imine (C=N–C) groups is 1. The van der Waals surface area contributed by atoms with Gasteiger partial charge >= 0.3 is 0 Å². The second-order valence-electron chi connectivity index (χ2n) is 0.634. The zero-order chi connectivity index (χ0) is 5.54. The minimum absolute atomic E-state index is 1.15. The van der Waals surface area contributed by atoms with Crippen molar-refractivity contribution in [2.75, 3.05) is 0 Å². The Morgan fingerprint density at radius 2 is 2.43 bits per heavy atom. The van der Waals surface area contributed by atoms with Crippen LogP contribution in [-0.2, 0) is 4.84 Å². The molecule has 0 aliphatic heterocycles. The van der Waals surface area contributed by atoms with Gasteiger partial charge in [-0.1, -0.05) is 11.5 Å². The third-order valence-corrected chi connectivity index (χ3v) is 0.372. The maximum Gasteiger partial charge on any atom is 0.212 e. The SMILES string of the molecule is C=C/N=C\ON=P. The lowest BCUT2D eigenvalue weighted by Crippen LogP contribution is -1.68. The highest BCUT2D eigenvalue weighted by Gasteiger charge is 1.58. The molecule has 4 heteroatoms. The molecule has 0 amide bonds. The largest absolute Gasteiger partial charge is 0.341 e. The summed E-state index contributed by atoms with van der Waals surface area (Å²) in [7, 11) is 2.70. The molecule has 0 bridgehead atoms. The maximum atomic E-state index is 4.25. The normalized spacial score (nSPS) is 8.57. The van der Waals surface area contributed by atoms with Crippen LogP contribution in [0, 0.1) is 0 Å². The molecule has 0 aromatic heterocycles. The van der Waals surface area contributed by atoms with Gasteiger partial charge in [0.1, 0.15) is 0 Å². The van der Waals surface area contributed by atoms with Crippen molar-refractivity contribution in [1.29, 1.82) is 0 Å². The van der Waals surface area contributed by atoms with E-state index < -0.39 is 0 Å². The molecule has 0 rings (SSSR count). The summed E-state index contributed by atoms with van der Waals surface area (Å²) < 4.78 is 0. The van der Waals surface area contributed by atoms with Gasteiger partial charge < -0.3 is 4.84 Å². The van der Waals surface area contributed by atoms with E-state index in [0.717, 1.165) is 6.40 Å². The highest BCUT2D eigenvalue weighted by molar-refractivity contribution is 7.03. The number of nitrogens with zero attached hydrogens (tertiary/aromatic N) is 2. The molecule has 0 fully saturated rings. The summed E-state index contributed by atoms with van der Waals surface area (Å²) >= 11 is 0. The Labute approximate surface area is 44.0 Å². The van der Waals surface area contributed by atoms with Gasteiger partial charge in [0.2, 0.25) is 6.40 Å². The molecule has 0 aliphatic carbocycles. The second kappa shape index (κ2) is 5.31. The van der Waals surface area contributed by atoms with Crippen LogP contribution in [0.15, 0.2) is 22.7 Å². The highest BCUT2D eigenvalue weighted by Crippen LogP contribution is 1.73. The van der Waals surface area contributed by atoms with Crippen molar-refractivity contribution in [3.8, 4) is 0 Å². The monoisotopic (exact) mass is 116 g/mol. The van der Waals surface area contributed by atoms with Gasteiger partial charge in [0.25, 0.3) is 0 Å². The maximum absolute atomic E-state index is 4.25. The summed E-state index contributed by atoms with van der Waals surface area (Å²) in [5.74, 6) is 0. The Kier molecular flexibility index (Phi) is 4.79. The van der Waals surface area contributed by atoms with E-state index in [2.05, 4.69) is 30.3 Å². The van der Waals surface area contributed by atoms with E-state index >= 15 is 0 Å². The van der Waals surface area contributed by atoms with Crippen molar-refractivity contribution < 1.29 is 4.84 Å². The van der Waals surface area contributed by atoms with Crippen molar-refractivity contribution in [2.45, 2.75) is 0 Å². The van der Waals surface area contributed by atoms with Gasteiger partial charge in [-0.3, -0.25) is 0 Å². The third kappa shape index (κ3) is 5.31. The van der Waals surface area contributed by atoms with Gasteiger partial charge in [-0.05, 0) is 0 Å². The molecule has 0 unspecified atom stereocenters. The van der Waals surface area contributed by atoms with E-state index in [-0.39, 0.29) is 0 Å². The number of hydrogen-bond acceptors (Lipinski definition) is 3. The van der Waals surface area contributed by atoms with Crippen molar-refractivity contribution in [2.24, 2.45) is 9.90 Å². The smallest absolute Gasteiger partial charge is 0.212 e. The fraction of sp³-hybridized carbons (Fsp3) is 0. The molecular weight excluding hydrogens is 111 g/mol. The van der Waals surface area contributed by atoms with Crippen LogP contribution in [0.25, 0.3) is 0 Å². The van der Waals surface area contributed by atoms with E-state index in [0.29, 0.717) is 0 Å².